The van der Waals surface area contributed by atoms with E-state index in [-0.39, 0.29) is 5.78 Å². The summed E-state index contributed by atoms with van der Waals surface area (Å²) in [4.78, 5) is 10.7. The smallest absolute Gasteiger partial charge is 0.133 e. The van der Waals surface area contributed by atoms with Gasteiger partial charge in [0.1, 0.15) is 11.5 Å². The summed E-state index contributed by atoms with van der Waals surface area (Å²) in [7, 11) is 0. The maximum Gasteiger partial charge on any atom is 0.133 e. The third-order valence-electron chi connectivity index (χ3n) is 2.07. The molecule has 0 atom stereocenters. The first kappa shape index (κ1) is 13.5. The molecule has 2 nitrogen and oxygen atoms in total. The molecule has 0 spiro atoms. The predicted molar refractivity (Wildman–Crippen MR) is 69.2 cm³/mol. The van der Waals surface area contributed by atoms with E-state index in [1.807, 2.05) is 6.07 Å². The first-order chi connectivity index (χ1) is 7.59. The van der Waals surface area contributed by atoms with Crippen LogP contribution in [0.4, 0.5) is 0 Å². The molecule has 0 aromatic heterocycles. The molecule has 0 heterocycles. The van der Waals surface area contributed by atoms with E-state index in [0.29, 0.717) is 18.1 Å². The lowest BCUT2D eigenvalue weighted by molar-refractivity contribution is -0.117. The van der Waals surface area contributed by atoms with Gasteiger partial charge in [-0.05, 0) is 53.9 Å². The van der Waals surface area contributed by atoms with E-state index in [2.05, 4.69) is 15.9 Å². The van der Waals surface area contributed by atoms with Crippen molar-refractivity contribution in [3.63, 3.8) is 0 Å². The lowest BCUT2D eigenvalue weighted by atomic mass is 10.2. The number of unbranched alkanes of at least 4 members (excludes halogenated alkanes) is 1. The van der Waals surface area contributed by atoms with Gasteiger partial charge in [0.25, 0.3) is 0 Å². The van der Waals surface area contributed by atoms with Crippen molar-refractivity contribution in [2.75, 3.05) is 6.61 Å². The van der Waals surface area contributed by atoms with Gasteiger partial charge in [0.15, 0.2) is 0 Å². The molecule has 1 aromatic rings. The van der Waals surface area contributed by atoms with E-state index in [1.54, 1.807) is 19.1 Å². The molecule has 0 N–H and O–H groups in total. The zero-order valence-corrected chi connectivity index (χ0v) is 11.5. The summed E-state index contributed by atoms with van der Waals surface area (Å²) in [5.74, 6) is 1.01. The van der Waals surface area contributed by atoms with Gasteiger partial charge >= 0.3 is 0 Å². The van der Waals surface area contributed by atoms with Crippen LogP contribution in [-0.2, 0) is 4.79 Å². The number of benzene rings is 1. The van der Waals surface area contributed by atoms with Crippen LogP contribution in [0.5, 0.6) is 5.75 Å². The molecule has 0 aliphatic carbocycles. The predicted octanol–water partition coefficient (Wildman–Crippen LogP) is 4.24. The number of hydrogen-bond donors (Lipinski definition) is 0. The molecule has 0 saturated heterocycles. The highest BCUT2D eigenvalue weighted by molar-refractivity contribution is 9.10. The van der Waals surface area contributed by atoms with E-state index in [4.69, 9.17) is 16.3 Å². The molecule has 0 amide bonds. The van der Waals surface area contributed by atoms with Gasteiger partial charge in [-0.1, -0.05) is 11.6 Å². The van der Waals surface area contributed by atoms with Crippen molar-refractivity contribution in [2.45, 2.75) is 26.2 Å². The number of halogens is 2. The number of ether oxygens (including phenoxy) is 1. The van der Waals surface area contributed by atoms with E-state index in [9.17, 15) is 4.79 Å². The molecule has 4 heteroatoms. The Kier molecular flexibility index (Phi) is 5.85. The molecular formula is C12H14BrClO2. The summed E-state index contributed by atoms with van der Waals surface area (Å²) < 4.78 is 6.41. The maximum absolute atomic E-state index is 10.7. The average molecular weight is 306 g/mol. The Morgan fingerprint density at radius 3 is 2.81 bits per heavy atom. The summed E-state index contributed by atoms with van der Waals surface area (Å²) in [6, 6.07) is 5.42. The van der Waals surface area contributed by atoms with E-state index in [1.165, 1.54) is 0 Å². The number of Topliss-reactive ketones (excluding diaryl/α,β-unsaturated/α-hetero) is 1. The van der Waals surface area contributed by atoms with Crippen LogP contribution in [0.1, 0.15) is 26.2 Å². The maximum atomic E-state index is 10.7. The van der Waals surface area contributed by atoms with Crippen LogP contribution in [0.3, 0.4) is 0 Å². The molecule has 16 heavy (non-hydrogen) atoms. The van der Waals surface area contributed by atoms with Crippen molar-refractivity contribution in [1.82, 2.24) is 0 Å². The van der Waals surface area contributed by atoms with Crippen LogP contribution in [0, 0.1) is 0 Å². The fraction of sp³-hybridized carbons (Fsp3) is 0.417. The highest BCUT2D eigenvalue weighted by Gasteiger charge is 2.01. The van der Waals surface area contributed by atoms with Gasteiger partial charge in [0.05, 0.1) is 11.1 Å². The minimum Gasteiger partial charge on any atom is -0.492 e. The Bertz CT molecular complexity index is 366. The van der Waals surface area contributed by atoms with Crippen molar-refractivity contribution in [3.05, 3.63) is 27.7 Å². The van der Waals surface area contributed by atoms with Crippen LogP contribution in [0.2, 0.25) is 5.02 Å². The largest absolute Gasteiger partial charge is 0.492 e. The number of rotatable bonds is 6. The van der Waals surface area contributed by atoms with Gasteiger partial charge in [0.2, 0.25) is 0 Å². The van der Waals surface area contributed by atoms with Gasteiger partial charge in [-0.2, -0.15) is 0 Å². The number of ketones is 1. The molecule has 0 aliphatic rings. The Hall–Kier alpha value is -0.540. The van der Waals surface area contributed by atoms with Crippen LogP contribution in [0.25, 0.3) is 0 Å². The fourth-order valence-corrected chi connectivity index (χ4v) is 2.05. The summed E-state index contributed by atoms with van der Waals surface area (Å²) >= 11 is 9.19. The van der Waals surface area contributed by atoms with Gasteiger partial charge in [-0.15, -0.1) is 0 Å². The van der Waals surface area contributed by atoms with Crippen LogP contribution in [0.15, 0.2) is 22.7 Å². The van der Waals surface area contributed by atoms with Gasteiger partial charge in [-0.3, -0.25) is 0 Å². The SMILES string of the molecule is CC(=O)CCCCOc1ccc(Cl)cc1Br. The highest BCUT2D eigenvalue weighted by atomic mass is 79.9. The number of hydrogen-bond acceptors (Lipinski definition) is 2. The van der Waals surface area contributed by atoms with Gasteiger partial charge in [0, 0.05) is 11.4 Å². The molecule has 0 bridgehead atoms. The van der Waals surface area contributed by atoms with Crippen LogP contribution >= 0.6 is 27.5 Å². The van der Waals surface area contributed by atoms with Crippen LogP contribution < -0.4 is 4.74 Å². The third-order valence-corrected chi connectivity index (χ3v) is 2.93. The lowest BCUT2D eigenvalue weighted by Gasteiger charge is -2.07. The third kappa shape index (κ3) is 4.99. The summed E-state index contributed by atoms with van der Waals surface area (Å²) in [6.45, 7) is 2.23. The quantitative estimate of drug-likeness (QED) is 0.735. The second kappa shape index (κ2) is 6.92. The van der Waals surface area contributed by atoms with Crippen molar-refractivity contribution < 1.29 is 9.53 Å². The minimum absolute atomic E-state index is 0.229. The van der Waals surface area contributed by atoms with Crippen molar-refractivity contribution in [1.29, 1.82) is 0 Å². The molecular weight excluding hydrogens is 291 g/mol. The Balaban J connectivity index is 2.29. The molecule has 1 aromatic carbocycles. The summed E-state index contributed by atoms with van der Waals surface area (Å²) in [5.41, 5.74) is 0. The molecule has 0 fully saturated rings. The summed E-state index contributed by atoms with van der Waals surface area (Å²) in [5, 5.41) is 0.677. The monoisotopic (exact) mass is 304 g/mol. The van der Waals surface area contributed by atoms with Crippen molar-refractivity contribution in [2.24, 2.45) is 0 Å². The topological polar surface area (TPSA) is 26.3 Å². The van der Waals surface area contributed by atoms with E-state index >= 15 is 0 Å². The highest BCUT2D eigenvalue weighted by Crippen LogP contribution is 2.28. The zero-order chi connectivity index (χ0) is 12.0. The zero-order valence-electron chi connectivity index (χ0n) is 9.13. The molecule has 88 valence electrons. The molecule has 0 unspecified atom stereocenters. The fourth-order valence-electron chi connectivity index (χ4n) is 1.25. The second-order valence-corrected chi connectivity index (χ2v) is 4.87. The Labute approximate surface area is 109 Å². The van der Waals surface area contributed by atoms with E-state index < -0.39 is 0 Å². The van der Waals surface area contributed by atoms with Gasteiger partial charge < -0.3 is 9.53 Å². The normalized spacial score (nSPS) is 10.2. The lowest BCUT2D eigenvalue weighted by Crippen LogP contribution is -1.99. The first-order valence-corrected chi connectivity index (χ1v) is 6.34. The van der Waals surface area contributed by atoms with Crippen LogP contribution in [-0.4, -0.2) is 12.4 Å². The van der Waals surface area contributed by atoms with Crippen molar-refractivity contribution in [3.8, 4) is 5.75 Å². The first-order valence-electron chi connectivity index (χ1n) is 5.17. The molecule has 1 rings (SSSR count). The Morgan fingerprint density at radius 2 is 2.19 bits per heavy atom. The Morgan fingerprint density at radius 1 is 1.44 bits per heavy atom. The van der Waals surface area contributed by atoms with E-state index in [0.717, 1.165) is 23.1 Å². The average Bonchev–Trinajstić information content (AvgIpc) is 2.20. The molecule has 0 radical (unpaired) electrons. The molecule has 0 saturated carbocycles. The number of carbonyl (C=O) groups is 1. The van der Waals surface area contributed by atoms with Gasteiger partial charge in [-0.25, -0.2) is 0 Å². The molecule has 0 aliphatic heterocycles. The second-order valence-electron chi connectivity index (χ2n) is 3.58. The minimum atomic E-state index is 0.229. The standard InChI is InChI=1S/C12H14BrClO2/c1-9(15)4-2-3-7-16-12-6-5-10(14)8-11(12)13/h5-6,8H,2-4,7H2,1H3. The van der Waals surface area contributed by atoms with Crippen molar-refractivity contribution >= 4 is 33.3 Å². The summed E-state index contributed by atoms with van der Waals surface area (Å²) in [6.07, 6.45) is 2.39. The number of carbonyl (C=O) groups excluding carboxylic acids is 1.